The van der Waals surface area contributed by atoms with Crippen LogP contribution in [-0.2, 0) is 10.1 Å². The van der Waals surface area contributed by atoms with Gasteiger partial charge in [-0.3, -0.25) is 9.35 Å². The Hall–Kier alpha value is -2.38. The lowest BCUT2D eigenvalue weighted by Crippen LogP contribution is -2.14. The standard InChI is InChI=1S/C17H20N2O4S/c1-18(2)13-7-5-12(6-8-13)17(20)15-10-9-14(19(3)4)11-16(15)24(21,22)23/h5-11H,1-4H3,(H,21,22,23). The first-order valence-corrected chi connectivity index (χ1v) is 8.66. The average Bonchev–Trinajstić information content (AvgIpc) is 2.52. The van der Waals surface area contributed by atoms with Gasteiger partial charge in [-0.2, -0.15) is 8.42 Å². The maximum Gasteiger partial charge on any atom is 0.295 e. The number of hydrogen-bond donors (Lipinski definition) is 1. The van der Waals surface area contributed by atoms with Crippen molar-refractivity contribution in [1.82, 2.24) is 0 Å². The Bertz CT molecular complexity index is 857. The number of nitrogens with zero attached hydrogens (tertiary/aromatic N) is 2. The normalized spacial score (nSPS) is 11.2. The summed E-state index contributed by atoms with van der Waals surface area (Å²) in [5, 5.41) is 0. The lowest BCUT2D eigenvalue weighted by atomic mass is 10.0. The predicted molar refractivity (Wildman–Crippen MR) is 94.8 cm³/mol. The zero-order valence-corrected chi connectivity index (χ0v) is 14.8. The number of anilines is 2. The van der Waals surface area contributed by atoms with E-state index in [-0.39, 0.29) is 5.56 Å². The van der Waals surface area contributed by atoms with Gasteiger partial charge in [0, 0.05) is 50.7 Å². The van der Waals surface area contributed by atoms with Crippen LogP contribution in [0.15, 0.2) is 47.4 Å². The van der Waals surface area contributed by atoms with Gasteiger partial charge in [0.1, 0.15) is 4.90 Å². The fourth-order valence-corrected chi connectivity index (χ4v) is 2.96. The van der Waals surface area contributed by atoms with E-state index in [4.69, 9.17) is 0 Å². The van der Waals surface area contributed by atoms with Gasteiger partial charge in [0.05, 0.1) is 0 Å². The van der Waals surface area contributed by atoms with Crippen molar-refractivity contribution < 1.29 is 17.8 Å². The van der Waals surface area contributed by atoms with Gasteiger partial charge in [-0.25, -0.2) is 0 Å². The topological polar surface area (TPSA) is 77.9 Å². The minimum absolute atomic E-state index is 0.0549. The van der Waals surface area contributed by atoms with Crippen molar-refractivity contribution in [2.75, 3.05) is 38.0 Å². The Balaban J connectivity index is 2.52. The third-order valence-corrected chi connectivity index (χ3v) is 4.54. The number of carbonyl (C=O) groups is 1. The highest BCUT2D eigenvalue weighted by Gasteiger charge is 2.22. The average molecular weight is 348 g/mol. The Kier molecular flexibility index (Phi) is 4.96. The van der Waals surface area contributed by atoms with Crippen LogP contribution >= 0.6 is 0 Å². The maximum absolute atomic E-state index is 12.7. The molecule has 24 heavy (non-hydrogen) atoms. The summed E-state index contributed by atoms with van der Waals surface area (Å²) in [4.78, 5) is 15.9. The molecule has 0 aliphatic carbocycles. The molecule has 6 nitrogen and oxygen atoms in total. The summed E-state index contributed by atoms with van der Waals surface area (Å²) in [6.45, 7) is 0. The van der Waals surface area contributed by atoms with Crippen molar-refractivity contribution >= 4 is 27.3 Å². The SMILES string of the molecule is CN(C)c1ccc(C(=O)c2ccc(N(C)C)cc2S(=O)(=O)O)cc1. The quantitative estimate of drug-likeness (QED) is 0.660. The van der Waals surface area contributed by atoms with Crippen LogP contribution in [0.3, 0.4) is 0 Å². The fourth-order valence-electron chi connectivity index (χ4n) is 2.26. The zero-order chi connectivity index (χ0) is 18.1. The van der Waals surface area contributed by atoms with E-state index in [9.17, 15) is 17.8 Å². The highest BCUT2D eigenvalue weighted by molar-refractivity contribution is 7.86. The molecule has 0 atom stereocenters. The predicted octanol–water partition coefficient (Wildman–Crippen LogP) is 2.30. The van der Waals surface area contributed by atoms with Crippen LogP contribution in [0.1, 0.15) is 15.9 Å². The van der Waals surface area contributed by atoms with Crippen molar-refractivity contribution in [2.45, 2.75) is 4.90 Å². The Morgan fingerprint density at radius 2 is 1.38 bits per heavy atom. The van der Waals surface area contributed by atoms with Crippen LogP contribution in [0, 0.1) is 0 Å². The first-order valence-electron chi connectivity index (χ1n) is 7.22. The summed E-state index contributed by atoms with van der Waals surface area (Å²) in [6, 6.07) is 11.1. The third kappa shape index (κ3) is 3.74. The largest absolute Gasteiger partial charge is 0.378 e. The van der Waals surface area contributed by atoms with E-state index in [1.54, 1.807) is 49.3 Å². The van der Waals surface area contributed by atoms with Gasteiger partial charge in [0.2, 0.25) is 0 Å². The summed E-state index contributed by atoms with van der Waals surface area (Å²) >= 11 is 0. The van der Waals surface area contributed by atoms with E-state index in [1.165, 1.54) is 12.1 Å². The van der Waals surface area contributed by atoms with Gasteiger partial charge >= 0.3 is 0 Å². The second-order valence-electron chi connectivity index (χ2n) is 5.82. The molecule has 0 unspecified atom stereocenters. The van der Waals surface area contributed by atoms with E-state index in [2.05, 4.69) is 0 Å². The summed E-state index contributed by atoms with van der Waals surface area (Å²) in [7, 11) is 2.73. The number of rotatable bonds is 5. The molecule has 2 rings (SSSR count). The molecule has 128 valence electrons. The van der Waals surface area contributed by atoms with E-state index in [1.807, 2.05) is 19.0 Å². The molecule has 0 bridgehead atoms. The van der Waals surface area contributed by atoms with Crippen LogP contribution < -0.4 is 9.80 Å². The molecule has 0 saturated carbocycles. The molecule has 2 aromatic rings. The van der Waals surface area contributed by atoms with Crippen LogP contribution in [-0.4, -0.2) is 46.9 Å². The Morgan fingerprint density at radius 3 is 1.83 bits per heavy atom. The molecule has 0 spiro atoms. The van der Waals surface area contributed by atoms with Gasteiger partial charge in [-0.05, 0) is 42.5 Å². The van der Waals surface area contributed by atoms with E-state index in [0.29, 0.717) is 11.3 Å². The van der Waals surface area contributed by atoms with Crippen molar-refractivity contribution in [3.8, 4) is 0 Å². The molecular formula is C17H20N2O4S. The highest BCUT2D eigenvalue weighted by atomic mass is 32.2. The molecule has 0 saturated heterocycles. The van der Waals surface area contributed by atoms with Gasteiger partial charge in [-0.1, -0.05) is 0 Å². The van der Waals surface area contributed by atoms with E-state index >= 15 is 0 Å². The Labute approximate surface area is 142 Å². The summed E-state index contributed by atoms with van der Waals surface area (Å²) < 4.78 is 32.9. The molecule has 0 heterocycles. The van der Waals surface area contributed by atoms with Crippen molar-refractivity contribution in [2.24, 2.45) is 0 Å². The lowest BCUT2D eigenvalue weighted by molar-refractivity contribution is 0.103. The summed E-state index contributed by atoms with van der Waals surface area (Å²) in [5.41, 5.74) is 1.79. The minimum Gasteiger partial charge on any atom is -0.378 e. The molecule has 0 radical (unpaired) electrons. The number of carbonyl (C=O) groups excluding carboxylic acids is 1. The fraction of sp³-hybridized carbons (Fsp3) is 0.235. The van der Waals surface area contributed by atoms with Crippen molar-refractivity contribution in [3.63, 3.8) is 0 Å². The smallest absolute Gasteiger partial charge is 0.295 e. The summed E-state index contributed by atoms with van der Waals surface area (Å²) in [6.07, 6.45) is 0. The summed E-state index contributed by atoms with van der Waals surface area (Å²) in [5.74, 6) is -0.460. The first kappa shape index (κ1) is 18.0. The zero-order valence-electron chi connectivity index (χ0n) is 14.0. The number of hydrogen-bond acceptors (Lipinski definition) is 5. The van der Waals surface area contributed by atoms with Gasteiger partial charge in [0.15, 0.2) is 5.78 Å². The second kappa shape index (κ2) is 6.62. The van der Waals surface area contributed by atoms with Crippen molar-refractivity contribution in [3.05, 3.63) is 53.6 Å². The van der Waals surface area contributed by atoms with Crippen LogP contribution in [0.2, 0.25) is 0 Å². The third-order valence-electron chi connectivity index (χ3n) is 3.65. The minimum atomic E-state index is -4.52. The lowest BCUT2D eigenvalue weighted by Gasteiger charge is -2.15. The van der Waals surface area contributed by atoms with Gasteiger partial charge < -0.3 is 9.80 Å². The molecule has 1 N–H and O–H groups in total. The first-order chi connectivity index (χ1) is 11.1. The van der Waals surface area contributed by atoms with Crippen LogP contribution in [0.4, 0.5) is 11.4 Å². The highest BCUT2D eigenvalue weighted by Crippen LogP contribution is 2.25. The van der Waals surface area contributed by atoms with E-state index < -0.39 is 20.8 Å². The molecule has 0 aliphatic rings. The molecule has 0 aromatic heterocycles. The van der Waals surface area contributed by atoms with Crippen LogP contribution in [0.25, 0.3) is 0 Å². The number of ketones is 1. The molecular weight excluding hydrogens is 328 g/mol. The van der Waals surface area contributed by atoms with Crippen LogP contribution in [0.5, 0.6) is 0 Å². The Morgan fingerprint density at radius 1 is 0.875 bits per heavy atom. The second-order valence-corrected chi connectivity index (χ2v) is 7.21. The van der Waals surface area contributed by atoms with Crippen molar-refractivity contribution in [1.29, 1.82) is 0 Å². The molecule has 0 amide bonds. The molecule has 7 heteroatoms. The molecule has 2 aromatic carbocycles. The maximum atomic E-state index is 12.7. The van der Waals surface area contributed by atoms with E-state index in [0.717, 1.165) is 5.69 Å². The number of benzene rings is 2. The van der Waals surface area contributed by atoms with Gasteiger partial charge in [0.25, 0.3) is 10.1 Å². The van der Waals surface area contributed by atoms with Gasteiger partial charge in [-0.15, -0.1) is 0 Å². The monoisotopic (exact) mass is 348 g/mol. The molecule has 0 aliphatic heterocycles. The molecule has 0 fully saturated rings.